The van der Waals surface area contributed by atoms with Crippen molar-refractivity contribution in [2.45, 2.75) is 39.7 Å². The van der Waals surface area contributed by atoms with E-state index in [0.29, 0.717) is 47.4 Å². The molecular weight excluding hydrogens is 435 g/mol. The topological polar surface area (TPSA) is 78.3 Å². The zero-order valence-corrected chi connectivity index (χ0v) is 19.7. The van der Waals surface area contributed by atoms with Crippen LogP contribution in [0.5, 0.6) is 11.5 Å². The molecule has 0 radical (unpaired) electrons. The van der Waals surface area contributed by atoms with Crippen molar-refractivity contribution in [1.82, 2.24) is 14.8 Å². The average Bonchev–Trinajstić information content (AvgIpc) is 3.21. The minimum absolute atomic E-state index is 0.0843. The fourth-order valence-corrected chi connectivity index (χ4v) is 4.77. The number of fused-ring (bicyclic) bond motifs is 1. The van der Waals surface area contributed by atoms with E-state index in [1.54, 1.807) is 23.9 Å². The van der Waals surface area contributed by atoms with E-state index in [4.69, 9.17) is 19.6 Å². The summed E-state index contributed by atoms with van der Waals surface area (Å²) in [6, 6.07) is 11.3. The van der Waals surface area contributed by atoms with Gasteiger partial charge in [0.15, 0.2) is 23.1 Å². The number of carbonyl (C=O) groups is 1. The van der Waals surface area contributed by atoms with Crippen LogP contribution in [0.1, 0.15) is 45.2 Å². The number of hydrogen-bond donors (Lipinski definition) is 1. The number of rotatable bonds is 5. The summed E-state index contributed by atoms with van der Waals surface area (Å²) in [6.45, 7) is 6.61. The lowest BCUT2D eigenvalue weighted by Crippen LogP contribution is -2.36. The maximum Gasteiger partial charge on any atom is 0.226 e. The van der Waals surface area contributed by atoms with E-state index >= 15 is 0 Å². The number of hydrogen-bond acceptors (Lipinski definition) is 6. The largest absolute Gasteiger partial charge is 0.493 e. The minimum Gasteiger partial charge on any atom is -0.493 e. The highest BCUT2D eigenvalue weighted by Gasteiger charge is 2.42. The smallest absolute Gasteiger partial charge is 0.226 e. The Hall–Kier alpha value is -3.68. The van der Waals surface area contributed by atoms with E-state index in [-0.39, 0.29) is 17.0 Å². The Labute approximate surface area is 197 Å². The minimum atomic E-state index is -0.471. The predicted octanol–water partition coefficient (Wildman–Crippen LogP) is 5.15. The number of Topliss-reactive ketones (excluding diaryl/α,β-unsaturated/α-hetero) is 1. The Bertz CT molecular complexity index is 1290. The Morgan fingerprint density at radius 2 is 1.91 bits per heavy atom. The molecule has 0 saturated carbocycles. The number of aromatic nitrogens is 3. The van der Waals surface area contributed by atoms with Crippen molar-refractivity contribution in [3.63, 3.8) is 0 Å². The molecule has 1 aliphatic carbocycles. The zero-order valence-electron chi connectivity index (χ0n) is 19.7. The molecule has 1 aromatic heterocycles. The molecule has 0 spiro atoms. The standard InChI is InChI=1S/C26H27FN4O3/c1-5-34-20-11-8-16(12-21(20)33-4)23-22-18(13-26(2,3)14-19(22)32)28-25-29-24(30-31(23)25)15-6-9-17(27)10-7-15/h6-12,23H,5,13-14H2,1-4H3,(H,28,29,30). The molecular formula is C26H27FN4O3. The molecule has 0 fully saturated rings. The van der Waals surface area contributed by atoms with Gasteiger partial charge in [0, 0.05) is 23.3 Å². The highest BCUT2D eigenvalue weighted by Crippen LogP contribution is 2.46. The molecule has 0 bridgehead atoms. The Balaban J connectivity index is 1.67. The molecule has 1 unspecified atom stereocenters. The van der Waals surface area contributed by atoms with Crippen LogP contribution in [-0.4, -0.2) is 34.3 Å². The third-order valence-electron chi connectivity index (χ3n) is 6.24. The Kier molecular flexibility index (Phi) is 5.38. The number of methoxy groups -OCH3 is 1. The van der Waals surface area contributed by atoms with Crippen LogP contribution in [0.3, 0.4) is 0 Å². The molecule has 34 heavy (non-hydrogen) atoms. The lowest BCUT2D eigenvalue weighted by atomic mass is 9.73. The molecule has 0 saturated heterocycles. The second-order valence-electron chi connectivity index (χ2n) is 9.41. The molecule has 2 heterocycles. The van der Waals surface area contributed by atoms with Crippen LogP contribution in [0.15, 0.2) is 53.7 Å². The van der Waals surface area contributed by atoms with Gasteiger partial charge in [-0.15, -0.1) is 5.10 Å². The third-order valence-corrected chi connectivity index (χ3v) is 6.24. The van der Waals surface area contributed by atoms with E-state index in [1.165, 1.54) is 12.1 Å². The van der Waals surface area contributed by atoms with Gasteiger partial charge in [0.2, 0.25) is 5.95 Å². The van der Waals surface area contributed by atoms with Gasteiger partial charge in [-0.05, 0) is 60.7 Å². The lowest BCUT2D eigenvalue weighted by Gasteiger charge is -2.38. The van der Waals surface area contributed by atoms with Crippen LogP contribution in [-0.2, 0) is 4.79 Å². The second kappa shape index (κ2) is 8.27. The molecule has 7 nitrogen and oxygen atoms in total. The van der Waals surface area contributed by atoms with E-state index in [2.05, 4.69) is 19.2 Å². The molecule has 0 amide bonds. The first kappa shape index (κ1) is 22.1. The van der Waals surface area contributed by atoms with E-state index in [9.17, 15) is 9.18 Å². The molecule has 3 aromatic rings. The Morgan fingerprint density at radius 3 is 2.62 bits per heavy atom. The molecule has 2 aromatic carbocycles. The number of ketones is 1. The highest BCUT2D eigenvalue weighted by atomic mass is 19.1. The third kappa shape index (κ3) is 3.83. The normalized spacial score (nSPS) is 18.7. The maximum absolute atomic E-state index is 13.5. The number of anilines is 1. The number of ether oxygens (including phenoxy) is 2. The first-order valence-electron chi connectivity index (χ1n) is 11.4. The first-order valence-corrected chi connectivity index (χ1v) is 11.4. The van der Waals surface area contributed by atoms with Crippen molar-refractivity contribution in [1.29, 1.82) is 0 Å². The van der Waals surface area contributed by atoms with Crippen LogP contribution in [0.25, 0.3) is 11.4 Å². The zero-order chi connectivity index (χ0) is 24.0. The fourth-order valence-electron chi connectivity index (χ4n) is 4.77. The summed E-state index contributed by atoms with van der Waals surface area (Å²) in [6.07, 6.45) is 1.17. The lowest BCUT2D eigenvalue weighted by molar-refractivity contribution is -0.118. The monoisotopic (exact) mass is 462 g/mol. The maximum atomic E-state index is 13.5. The second-order valence-corrected chi connectivity index (χ2v) is 9.41. The summed E-state index contributed by atoms with van der Waals surface area (Å²) >= 11 is 0. The van der Waals surface area contributed by atoms with Gasteiger partial charge in [-0.3, -0.25) is 4.79 Å². The summed E-state index contributed by atoms with van der Waals surface area (Å²) in [5.74, 6) is 1.98. The predicted molar refractivity (Wildman–Crippen MR) is 126 cm³/mol. The van der Waals surface area contributed by atoms with Crippen molar-refractivity contribution in [2.75, 3.05) is 19.0 Å². The van der Waals surface area contributed by atoms with Gasteiger partial charge in [-0.2, -0.15) is 4.98 Å². The van der Waals surface area contributed by atoms with Crippen LogP contribution in [0.2, 0.25) is 0 Å². The SMILES string of the molecule is CCOc1ccc(C2C3=C(CC(C)(C)CC3=O)Nc3nc(-c4ccc(F)cc4)nn32)cc1OC. The molecule has 8 heteroatoms. The molecule has 1 atom stereocenters. The number of halogens is 1. The van der Waals surface area contributed by atoms with Gasteiger partial charge in [0.25, 0.3) is 0 Å². The molecule has 2 aliphatic rings. The summed E-state index contributed by atoms with van der Waals surface area (Å²) in [7, 11) is 1.59. The van der Waals surface area contributed by atoms with Gasteiger partial charge in [-0.1, -0.05) is 19.9 Å². The summed E-state index contributed by atoms with van der Waals surface area (Å²) < 4.78 is 26.5. The molecule has 1 N–H and O–H groups in total. The van der Waals surface area contributed by atoms with Crippen LogP contribution in [0.4, 0.5) is 10.3 Å². The van der Waals surface area contributed by atoms with Gasteiger partial charge in [0.05, 0.1) is 13.7 Å². The molecule has 1 aliphatic heterocycles. The Morgan fingerprint density at radius 1 is 1.15 bits per heavy atom. The summed E-state index contributed by atoms with van der Waals surface area (Å²) in [5, 5.41) is 8.11. The van der Waals surface area contributed by atoms with E-state index in [1.807, 2.05) is 25.1 Å². The molecule has 176 valence electrons. The number of benzene rings is 2. The van der Waals surface area contributed by atoms with Gasteiger partial charge in [-0.25, -0.2) is 9.07 Å². The summed E-state index contributed by atoms with van der Waals surface area (Å²) in [4.78, 5) is 18.1. The van der Waals surface area contributed by atoms with Crippen molar-refractivity contribution in [3.05, 3.63) is 65.1 Å². The highest BCUT2D eigenvalue weighted by molar-refractivity contribution is 6.00. The average molecular weight is 463 g/mol. The van der Waals surface area contributed by atoms with Crippen LogP contribution < -0.4 is 14.8 Å². The number of nitrogens with zero attached hydrogens (tertiary/aromatic N) is 3. The van der Waals surface area contributed by atoms with Crippen LogP contribution >= 0.6 is 0 Å². The van der Waals surface area contributed by atoms with E-state index in [0.717, 1.165) is 17.7 Å². The van der Waals surface area contributed by atoms with Gasteiger partial charge < -0.3 is 14.8 Å². The van der Waals surface area contributed by atoms with Crippen LogP contribution in [0, 0.1) is 11.2 Å². The number of allylic oxidation sites excluding steroid dienone is 2. The van der Waals surface area contributed by atoms with E-state index < -0.39 is 6.04 Å². The van der Waals surface area contributed by atoms with Gasteiger partial charge in [0.1, 0.15) is 11.9 Å². The van der Waals surface area contributed by atoms with Crippen molar-refractivity contribution in [3.8, 4) is 22.9 Å². The first-order chi connectivity index (χ1) is 16.3. The number of nitrogens with one attached hydrogen (secondary N) is 1. The molecule has 5 rings (SSSR count). The quantitative estimate of drug-likeness (QED) is 0.565. The van der Waals surface area contributed by atoms with Crippen molar-refractivity contribution in [2.24, 2.45) is 5.41 Å². The van der Waals surface area contributed by atoms with Crippen molar-refractivity contribution < 1.29 is 18.7 Å². The van der Waals surface area contributed by atoms with Crippen molar-refractivity contribution >= 4 is 11.7 Å². The fraction of sp³-hybridized carbons (Fsp3) is 0.346. The number of carbonyl (C=O) groups excluding carboxylic acids is 1. The van der Waals surface area contributed by atoms with Gasteiger partial charge >= 0.3 is 0 Å². The summed E-state index contributed by atoms with van der Waals surface area (Å²) in [5.41, 5.74) is 2.93.